The molecule has 7 heteroatoms. The van der Waals surface area contributed by atoms with Crippen molar-refractivity contribution in [1.82, 2.24) is 0 Å². The van der Waals surface area contributed by atoms with E-state index in [0.29, 0.717) is 21.8 Å². The average molecular weight is 445 g/mol. The first-order chi connectivity index (χ1) is 15.4. The number of imide groups is 1. The van der Waals surface area contributed by atoms with Crippen molar-refractivity contribution in [3.8, 4) is 0 Å². The number of halogens is 1. The van der Waals surface area contributed by atoms with Gasteiger partial charge in [-0.25, -0.2) is 4.90 Å². The molecule has 1 heterocycles. The lowest BCUT2D eigenvalue weighted by Gasteiger charge is -2.48. The van der Waals surface area contributed by atoms with E-state index in [4.69, 9.17) is 11.6 Å². The van der Waals surface area contributed by atoms with Crippen LogP contribution in [-0.2, 0) is 15.1 Å². The molecule has 2 bridgehead atoms. The van der Waals surface area contributed by atoms with Gasteiger partial charge < -0.3 is 0 Å². The normalized spacial score (nSPS) is 27.2. The van der Waals surface area contributed by atoms with Crippen molar-refractivity contribution in [3.05, 3.63) is 110 Å². The Morgan fingerprint density at radius 2 is 1.53 bits per heavy atom. The monoisotopic (exact) mass is 444 g/mol. The fraction of sp³-hybridized carbons (Fsp3) is 0.200. The zero-order valence-corrected chi connectivity index (χ0v) is 17.7. The van der Waals surface area contributed by atoms with E-state index in [0.717, 1.165) is 21.6 Å². The summed E-state index contributed by atoms with van der Waals surface area (Å²) in [7, 11) is 0. The third-order valence-electron chi connectivity index (χ3n) is 7.27. The molecule has 32 heavy (non-hydrogen) atoms. The lowest BCUT2D eigenvalue weighted by Crippen LogP contribution is -2.57. The Balaban J connectivity index is 1.66. The standard InChI is InChI=1S/C25H17ClN2O4/c1-13-10-11-14(12-19(13)26)27-23(29)21-20-15-6-2-4-8-17(15)25(28(31)32,22(21)24(27)30)18-9-5-3-7-16(18)20/h2-12,20-22H,1H3/t20?,21-,22+,25?/m0/s1. The topological polar surface area (TPSA) is 80.5 Å². The van der Waals surface area contributed by atoms with Crippen LogP contribution in [0.4, 0.5) is 5.69 Å². The van der Waals surface area contributed by atoms with Crippen LogP contribution in [0, 0.1) is 28.9 Å². The van der Waals surface area contributed by atoms with E-state index in [2.05, 4.69) is 0 Å². The van der Waals surface area contributed by atoms with Crippen LogP contribution < -0.4 is 4.90 Å². The van der Waals surface area contributed by atoms with Gasteiger partial charge in [0.2, 0.25) is 11.8 Å². The van der Waals surface area contributed by atoms with E-state index in [1.54, 1.807) is 42.5 Å². The van der Waals surface area contributed by atoms with E-state index in [9.17, 15) is 19.7 Å². The van der Waals surface area contributed by atoms with Crippen molar-refractivity contribution >= 4 is 29.1 Å². The molecular formula is C25H17ClN2O4. The van der Waals surface area contributed by atoms with Crippen molar-refractivity contribution in [2.45, 2.75) is 18.4 Å². The third-order valence-corrected chi connectivity index (χ3v) is 7.68. The number of carbonyl (C=O) groups excluding carboxylic acids is 2. The Morgan fingerprint density at radius 1 is 0.938 bits per heavy atom. The summed E-state index contributed by atoms with van der Waals surface area (Å²) in [5.74, 6) is -3.36. The van der Waals surface area contributed by atoms with E-state index in [-0.39, 0.29) is 4.92 Å². The largest absolute Gasteiger partial charge is 0.285 e. The van der Waals surface area contributed by atoms with Crippen LogP contribution in [0.25, 0.3) is 0 Å². The minimum Gasteiger partial charge on any atom is -0.274 e. The molecule has 158 valence electrons. The summed E-state index contributed by atoms with van der Waals surface area (Å²) < 4.78 is 0. The number of hydrogen-bond acceptors (Lipinski definition) is 4. The zero-order valence-electron chi connectivity index (χ0n) is 17.0. The Bertz CT molecular complexity index is 1320. The first kappa shape index (κ1) is 19.2. The molecule has 0 unspecified atom stereocenters. The van der Waals surface area contributed by atoms with Gasteiger partial charge in [-0.1, -0.05) is 66.2 Å². The van der Waals surface area contributed by atoms with Gasteiger partial charge in [-0.3, -0.25) is 19.7 Å². The summed E-state index contributed by atoms with van der Waals surface area (Å²) in [6, 6.07) is 19.2. The molecule has 3 aromatic rings. The molecule has 0 radical (unpaired) electrons. The summed E-state index contributed by atoms with van der Waals surface area (Å²) in [6.07, 6.45) is 0. The van der Waals surface area contributed by atoms with Crippen molar-refractivity contribution in [1.29, 1.82) is 0 Å². The van der Waals surface area contributed by atoms with Gasteiger partial charge in [-0.05, 0) is 35.7 Å². The number of nitro groups is 1. The predicted octanol–water partition coefficient (Wildman–Crippen LogP) is 4.43. The van der Waals surface area contributed by atoms with Crippen LogP contribution >= 0.6 is 11.6 Å². The van der Waals surface area contributed by atoms with Gasteiger partial charge >= 0.3 is 0 Å². The number of anilines is 1. The molecule has 0 spiro atoms. The lowest BCUT2D eigenvalue weighted by molar-refractivity contribution is -0.578. The van der Waals surface area contributed by atoms with Crippen LogP contribution in [0.15, 0.2) is 66.7 Å². The van der Waals surface area contributed by atoms with E-state index in [1.165, 1.54) is 0 Å². The number of aryl methyl sites for hydroxylation is 1. The molecule has 4 aliphatic rings. The highest BCUT2D eigenvalue weighted by Gasteiger charge is 2.74. The van der Waals surface area contributed by atoms with E-state index >= 15 is 0 Å². The average Bonchev–Trinajstić information content (AvgIpc) is 3.06. The summed E-state index contributed by atoms with van der Waals surface area (Å²) in [4.78, 5) is 41.2. The summed E-state index contributed by atoms with van der Waals surface area (Å²) in [5, 5.41) is 13.3. The Morgan fingerprint density at radius 3 is 2.09 bits per heavy atom. The molecule has 0 N–H and O–H groups in total. The van der Waals surface area contributed by atoms with Gasteiger partial charge in [0.05, 0.1) is 11.6 Å². The van der Waals surface area contributed by atoms with E-state index < -0.39 is 35.1 Å². The van der Waals surface area contributed by atoms with Crippen molar-refractivity contribution in [2.24, 2.45) is 11.8 Å². The molecule has 6 nitrogen and oxygen atoms in total. The summed E-state index contributed by atoms with van der Waals surface area (Å²) >= 11 is 6.28. The van der Waals surface area contributed by atoms with Crippen molar-refractivity contribution in [3.63, 3.8) is 0 Å². The lowest BCUT2D eigenvalue weighted by atomic mass is 9.51. The molecule has 0 saturated carbocycles. The molecule has 3 aromatic carbocycles. The molecule has 7 rings (SSSR count). The molecular weight excluding hydrogens is 428 g/mol. The second-order valence-electron chi connectivity index (χ2n) is 8.62. The first-order valence-electron chi connectivity index (χ1n) is 10.4. The number of nitrogens with zero attached hydrogens (tertiary/aromatic N) is 2. The first-order valence-corrected chi connectivity index (χ1v) is 10.7. The van der Waals surface area contributed by atoms with Gasteiger partial charge in [0.1, 0.15) is 5.92 Å². The number of benzene rings is 3. The van der Waals surface area contributed by atoms with Gasteiger partial charge in [0.25, 0.3) is 5.54 Å². The zero-order chi connectivity index (χ0) is 22.4. The molecule has 0 aromatic heterocycles. The highest BCUT2D eigenvalue weighted by atomic mass is 35.5. The fourth-order valence-corrected chi connectivity index (χ4v) is 6.19. The van der Waals surface area contributed by atoms with Crippen LogP contribution in [0.1, 0.15) is 33.7 Å². The molecule has 2 atom stereocenters. The van der Waals surface area contributed by atoms with Gasteiger partial charge in [-0.2, -0.15) is 0 Å². The maximum Gasteiger partial charge on any atom is 0.285 e. The quantitative estimate of drug-likeness (QED) is 0.332. The number of carbonyl (C=O) groups is 2. The summed E-state index contributed by atoms with van der Waals surface area (Å²) in [6.45, 7) is 1.83. The molecule has 1 aliphatic heterocycles. The molecule has 3 aliphatic carbocycles. The fourth-order valence-electron chi connectivity index (χ4n) is 6.02. The highest BCUT2D eigenvalue weighted by Crippen LogP contribution is 2.64. The predicted molar refractivity (Wildman–Crippen MR) is 118 cm³/mol. The van der Waals surface area contributed by atoms with Crippen LogP contribution in [0.3, 0.4) is 0 Å². The second-order valence-corrected chi connectivity index (χ2v) is 9.03. The molecule has 1 saturated heterocycles. The van der Waals surface area contributed by atoms with Crippen LogP contribution in [0.2, 0.25) is 5.02 Å². The van der Waals surface area contributed by atoms with Crippen molar-refractivity contribution in [2.75, 3.05) is 4.90 Å². The van der Waals surface area contributed by atoms with Gasteiger partial charge in [0, 0.05) is 27.0 Å². The Labute approximate surface area is 188 Å². The minimum absolute atomic E-state index is 0.344. The number of amides is 2. The van der Waals surface area contributed by atoms with Crippen molar-refractivity contribution < 1.29 is 14.5 Å². The van der Waals surface area contributed by atoms with Gasteiger partial charge in [-0.15, -0.1) is 0 Å². The minimum atomic E-state index is -1.82. The third kappa shape index (κ3) is 2.06. The highest BCUT2D eigenvalue weighted by molar-refractivity contribution is 6.32. The van der Waals surface area contributed by atoms with Gasteiger partial charge in [0.15, 0.2) is 0 Å². The second kappa shape index (κ2) is 6.26. The maximum absolute atomic E-state index is 13.8. The van der Waals surface area contributed by atoms with Crippen LogP contribution in [0.5, 0.6) is 0 Å². The SMILES string of the molecule is Cc1ccc(N2C(=O)[C@H]3C4c5ccccc5C([N+](=O)[O-])(c5ccccc54)[C@H]3C2=O)cc1Cl. The molecule has 2 amide bonds. The summed E-state index contributed by atoms with van der Waals surface area (Å²) in [5.41, 5.74) is 1.83. The Hall–Kier alpha value is -3.51. The van der Waals surface area contributed by atoms with E-state index in [1.807, 2.05) is 31.2 Å². The Kier molecular flexibility index (Phi) is 3.76. The molecule has 1 fully saturated rings. The van der Waals surface area contributed by atoms with Crippen LogP contribution in [-0.4, -0.2) is 16.7 Å². The number of hydrogen-bond donors (Lipinski definition) is 0. The smallest absolute Gasteiger partial charge is 0.274 e. The maximum atomic E-state index is 13.8. The number of rotatable bonds is 2.